The third-order valence-corrected chi connectivity index (χ3v) is 4.43. The van der Waals surface area contributed by atoms with Gasteiger partial charge in [0, 0.05) is 6.07 Å². The van der Waals surface area contributed by atoms with Crippen molar-refractivity contribution in [1.82, 2.24) is 0 Å². The molecule has 0 aliphatic heterocycles. The minimum Gasteiger partial charge on any atom is -0.279 e. The lowest BCUT2D eigenvalue weighted by Crippen LogP contribution is -2.14. The molecule has 2 aromatic rings. The third-order valence-electron chi connectivity index (χ3n) is 3.06. The van der Waals surface area contributed by atoms with E-state index in [4.69, 9.17) is 0 Å². The van der Waals surface area contributed by atoms with Gasteiger partial charge in [-0.15, -0.1) is 0 Å². The molecule has 0 heterocycles. The number of nitro benzene ring substituents is 1. The maximum Gasteiger partial charge on any atom is 0.306 e. The van der Waals surface area contributed by atoms with Crippen LogP contribution in [0.5, 0.6) is 0 Å². The highest BCUT2D eigenvalue weighted by molar-refractivity contribution is 7.92. The number of halogens is 1. The smallest absolute Gasteiger partial charge is 0.279 e. The molecule has 0 aliphatic rings. The first-order valence-electron chi connectivity index (χ1n) is 6.25. The number of nitrogens with zero attached hydrogens (tertiary/aromatic N) is 1. The van der Waals surface area contributed by atoms with E-state index in [2.05, 4.69) is 4.72 Å². The fourth-order valence-electron chi connectivity index (χ4n) is 1.85. The predicted octanol–water partition coefficient (Wildman–Crippen LogP) is 3.15. The highest BCUT2D eigenvalue weighted by Gasteiger charge is 2.22. The Morgan fingerprint density at radius 1 is 1.14 bits per heavy atom. The molecule has 6 nitrogen and oxygen atoms in total. The SMILES string of the molecule is Cc1ccc(C)c(NS(=O)(=O)c2ccc(F)c([N+](=O)[O-])c2)c1. The minimum atomic E-state index is -4.05. The van der Waals surface area contributed by atoms with Gasteiger partial charge in [-0.05, 0) is 43.2 Å². The first-order chi connectivity index (χ1) is 10.2. The lowest BCUT2D eigenvalue weighted by Gasteiger charge is -2.11. The van der Waals surface area contributed by atoms with Gasteiger partial charge in [0.05, 0.1) is 15.5 Å². The molecule has 0 saturated carbocycles. The molecular weight excluding hydrogens is 311 g/mol. The second-order valence-corrected chi connectivity index (χ2v) is 6.48. The van der Waals surface area contributed by atoms with E-state index in [9.17, 15) is 22.9 Å². The van der Waals surface area contributed by atoms with Crippen molar-refractivity contribution >= 4 is 21.4 Å². The van der Waals surface area contributed by atoms with Gasteiger partial charge in [-0.25, -0.2) is 8.42 Å². The van der Waals surface area contributed by atoms with Gasteiger partial charge in [-0.2, -0.15) is 4.39 Å². The van der Waals surface area contributed by atoms with E-state index < -0.39 is 26.5 Å². The average molecular weight is 324 g/mol. The zero-order chi connectivity index (χ0) is 16.5. The Balaban J connectivity index is 2.45. The van der Waals surface area contributed by atoms with Gasteiger partial charge in [-0.1, -0.05) is 12.1 Å². The van der Waals surface area contributed by atoms with Gasteiger partial charge in [0.2, 0.25) is 5.82 Å². The van der Waals surface area contributed by atoms with Crippen molar-refractivity contribution in [3.05, 3.63) is 63.5 Å². The molecule has 2 rings (SSSR count). The molecule has 22 heavy (non-hydrogen) atoms. The van der Waals surface area contributed by atoms with E-state index in [1.165, 1.54) is 0 Å². The van der Waals surface area contributed by atoms with E-state index >= 15 is 0 Å². The maximum atomic E-state index is 13.3. The van der Waals surface area contributed by atoms with Gasteiger partial charge in [0.15, 0.2) is 0 Å². The summed E-state index contributed by atoms with van der Waals surface area (Å²) in [5, 5.41) is 10.7. The fourth-order valence-corrected chi connectivity index (χ4v) is 2.99. The predicted molar refractivity (Wildman–Crippen MR) is 79.8 cm³/mol. The Kier molecular flexibility index (Phi) is 4.14. The minimum absolute atomic E-state index is 0.368. The van der Waals surface area contributed by atoms with Crippen LogP contribution in [0, 0.1) is 29.8 Å². The molecule has 0 bridgehead atoms. The van der Waals surface area contributed by atoms with Crippen molar-refractivity contribution in [3.63, 3.8) is 0 Å². The standard InChI is InChI=1S/C14H13FN2O4S/c1-9-3-4-10(2)13(7-9)16-22(20,21)11-5-6-12(15)14(8-11)17(18)19/h3-8,16H,1-2H3. The lowest BCUT2D eigenvalue weighted by molar-refractivity contribution is -0.387. The molecule has 0 spiro atoms. The number of anilines is 1. The molecular formula is C14H13FN2O4S. The van der Waals surface area contributed by atoms with E-state index in [1.54, 1.807) is 26.0 Å². The quantitative estimate of drug-likeness (QED) is 0.691. The molecule has 1 N–H and O–H groups in total. The zero-order valence-electron chi connectivity index (χ0n) is 11.8. The topological polar surface area (TPSA) is 89.3 Å². The number of sulfonamides is 1. The Morgan fingerprint density at radius 3 is 2.45 bits per heavy atom. The monoisotopic (exact) mass is 324 g/mol. The molecule has 116 valence electrons. The number of nitrogens with one attached hydrogen (secondary N) is 1. The first kappa shape index (κ1) is 15.9. The normalized spacial score (nSPS) is 11.2. The highest BCUT2D eigenvalue weighted by Crippen LogP contribution is 2.25. The van der Waals surface area contributed by atoms with Crippen LogP contribution in [0.1, 0.15) is 11.1 Å². The van der Waals surface area contributed by atoms with Crippen LogP contribution in [-0.2, 0) is 10.0 Å². The van der Waals surface area contributed by atoms with Crippen LogP contribution in [0.4, 0.5) is 15.8 Å². The summed E-state index contributed by atoms with van der Waals surface area (Å²) in [6.45, 7) is 3.53. The molecule has 0 saturated heterocycles. The van der Waals surface area contributed by atoms with Crippen LogP contribution in [0.25, 0.3) is 0 Å². The van der Waals surface area contributed by atoms with Gasteiger partial charge < -0.3 is 0 Å². The first-order valence-corrected chi connectivity index (χ1v) is 7.73. The van der Waals surface area contributed by atoms with Crippen molar-refractivity contribution in [2.75, 3.05) is 4.72 Å². The molecule has 0 unspecified atom stereocenters. The summed E-state index contributed by atoms with van der Waals surface area (Å²) < 4.78 is 40.2. The van der Waals surface area contributed by atoms with Crippen LogP contribution >= 0.6 is 0 Å². The van der Waals surface area contributed by atoms with E-state index in [0.717, 1.165) is 17.7 Å². The Bertz CT molecular complexity index is 850. The van der Waals surface area contributed by atoms with Crippen molar-refractivity contribution in [3.8, 4) is 0 Å². The number of rotatable bonds is 4. The number of nitro groups is 1. The van der Waals surface area contributed by atoms with E-state index in [-0.39, 0.29) is 4.90 Å². The molecule has 0 radical (unpaired) electrons. The maximum absolute atomic E-state index is 13.3. The third kappa shape index (κ3) is 3.22. The summed E-state index contributed by atoms with van der Waals surface area (Å²) in [6.07, 6.45) is 0. The largest absolute Gasteiger partial charge is 0.306 e. The average Bonchev–Trinajstić information content (AvgIpc) is 2.42. The van der Waals surface area contributed by atoms with Crippen molar-refractivity contribution in [2.24, 2.45) is 0 Å². The van der Waals surface area contributed by atoms with Crippen LogP contribution in [0.2, 0.25) is 0 Å². The molecule has 0 atom stereocenters. The van der Waals surface area contributed by atoms with Crippen molar-refractivity contribution in [2.45, 2.75) is 18.7 Å². The van der Waals surface area contributed by atoms with Gasteiger partial charge >= 0.3 is 5.69 Å². The molecule has 0 aromatic heterocycles. The summed E-state index contributed by atoms with van der Waals surface area (Å²) in [7, 11) is -4.05. The summed E-state index contributed by atoms with van der Waals surface area (Å²) in [6, 6.07) is 7.66. The van der Waals surface area contributed by atoms with Crippen LogP contribution < -0.4 is 4.72 Å². The Labute approximate surface area is 126 Å². The molecule has 2 aromatic carbocycles. The Hall–Kier alpha value is -2.48. The summed E-state index contributed by atoms with van der Waals surface area (Å²) in [4.78, 5) is 9.37. The van der Waals surface area contributed by atoms with Crippen molar-refractivity contribution in [1.29, 1.82) is 0 Å². The summed E-state index contributed by atoms with van der Waals surface area (Å²) in [5.74, 6) is -1.09. The van der Waals surface area contributed by atoms with Crippen LogP contribution in [0.15, 0.2) is 41.3 Å². The number of hydrogen-bond acceptors (Lipinski definition) is 4. The van der Waals surface area contributed by atoms with Gasteiger partial charge in [0.1, 0.15) is 0 Å². The van der Waals surface area contributed by atoms with Crippen molar-refractivity contribution < 1.29 is 17.7 Å². The molecule has 0 aliphatic carbocycles. The van der Waals surface area contributed by atoms with Crippen LogP contribution in [-0.4, -0.2) is 13.3 Å². The second kappa shape index (κ2) is 5.72. The zero-order valence-corrected chi connectivity index (χ0v) is 12.6. The van der Waals surface area contributed by atoms with E-state index in [0.29, 0.717) is 17.3 Å². The molecule has 0 amide bonds. The number of hydrogen-bond donors (Lipinski definition) is 1. The van der Waals surface area contributed by atoms with Gasteiger partial charge in [0.25, 0.3) is 10.0 Å². The highest BCUT2D eigenvalue weighted by atomic mass is 32.2. The van der Waals surface area contributed by atoms with E-state index in [1.807, 2.05) is 6.07 Å². The number of aryl methyl sites for hydroxylation is 2. The summed E-state index contributed by atoms with van der Waals surface area (Å²) >= 11 is 0. The summed E-state index contributed by atoms with van der Waals surface area (Å²) in [5.41, 5.74) is 1.04. The Morgan fingerprint density at radius 2 is 1.82 bits per heavy atom. The van der Waals surface area contributed by atoms with Gasteiger partial charge in [-0.3, -0.25) is 14.8 Å². The number of benzene rings is 2. The molecule has 8 heteroatoms. The van der Waals surface area contributed by atoms with Crippen LogP contribution in [0.3, 0.4) is 0 Å². The molecule has 0 fully saturated rings. The lowest BCUT2D eigenvalue weighted by atomic mass is 10.1. The second-order valence-electron chi connectivity index (χ2n) is 4.79. The fraction of sp³-hybridized carbons (Fsp3) is 0.143.